The predicted molar refractivity (Wildman–Crippen MR) is 54.4 cm³/mol. The summed E-state index contributed by atoms with van der Waals surface area (Å²) in [5.74, 6) is -0.467. The quantitative estimate of drug-likeness (QED) is 0.807. The average molecular weight is 230 g/mol. The van der Waals surface area contributed by atoms with Crippen LogP contribution >= 0.6 is 11.6 Å². The second-order valence-electron chi connectivity index (χ2n) is 3.06. The Kier molecular flexibility index (Phi) is 2.83. The summed E-state index contributed by atoms with van der Waals surface area (Å²) in [7, 11) is 1.59. The second-order valence-corrected chi connectivity index (χ2v) is 3.47. The molecular formula is C9H9ClFN3O. The summed E-state index contributed by atoms with van der Waals surface area (Å²) in [6.45, 7) is 1.04. The zero-order valence-corrected chi connectivity index (χ0v) is 8.83. The molecule has 0 atom stereocenters. The third-order valence-electron chi connectivity index (χ3n) is 2.06. The van der Waals surface area contributed by atoms with E-state index in [9.17, 15) is 4.39 Å². The summed E-state index contributed by atoms with van der Waals surface area (Å²) >= 11 is 5.62. The van der Waals surface area contributed by atoms with Crippen LogP contribution in [0.5, 0.6) is 0 Å². The van der Waals surface area contributed by atoms with Gasteiger partial charge in [0, 0.05) is 13.2 Å². The summed E-state index contributed by atoms with van der Waals surface area (Å²) < 4.78 is 19.7. The molecule has 1 heterocycles. The smallest absolute Gasteiger partial charge is 0.144 e. The van der Waals surface area contributed by atoms with Crippen LogP contribution in [0.25, 0.3) is 11.0 Å². The molecule has 0 radical (unpaired) electrons. The monoisotopic (exact) mass is 229 g/mol. The highest BCUT2D eigenvalue weighted by Crippen LogP contribution is 2.20. The van der Waals surface area contributed by atoms with Crippen molar-refractivity contribution < 1.29 is 9.13 Å². The van der Waals surface area contributed by atoms with Crippen LogP contribution < -0.4 is 0 Å². The normalized spacial score (nSPS) is 11.1. The van der Waals surface area contributed by atoms with Crippen molar-refractivity contribution in [3.63, 3.8) is 0 Å². The molecule has 4 nitrogen and oxygen atoms in total. The molecule has 0 amide bonds. The average Bonchev–Trinajstić information content (AvgIpc) is 2.59. The largest absolute Gasteiger partial charge is 0.383 e. The Morgan fingerprint density at radius 3 is 3.07 bits per heavy atom. The van der Waals surface area contributed by atoms with Gasteiger partial charge in [-0.25, -0.2) is 9.07 Å². The Morgan fingerprint density at radius 1 is 1.53 bits per heavy atom. The van der Waals surface area contributed by atoms with Gasteiger partial charge >= 0.3 is 0 Å². The molecule has 0 fully saturated rings. The lowest BCUT2D eigenvalue weighted by molar-refractivity contribution is 0.184. The van der Waals surface area contributed by atoms with Gasteiger partial charge in [0.2, 0.25) is 0 Å². The molecule has 1 aromatic carbocycles. The van der Waals surface area contributed by atoms with E-state index >= 15 is 0 Å². The first-order chi connectivity index (χ1) is 7.22. The van der Waals surface area contributed by atoms with E-state index in [4.69, 9.17) is 16.3 Å². The number of methoxy groups -OCH3 is 1. The topological polar surface area (TPSA) is 39.9 Å². The van der Waals surface area contributed by atoms with Crippen LogP contribution in [0.15, 0.2) is 12.1 Å². The molecule has 2 aromatic rings. The van der Waals surface area contributed by atoms with E-state index in [0.717, 1.165) is 0 Å². The van der Waals surface area contributed by atoms with Crippen LogP contribution in [-0.4, -0.2) is 28.7 Å². The number of benzene rings is 1. The van der Waals surface area contributed by atoms with E-state index in [1.807, 2.05) is 0 Å². The van der Waals surface area contributed by atoms with Gasteiger partial charge in [-0.2, -0.15) is 0 Å². The molecule has 2 rings (SSSR count). The maximum atomic E-state index is 13.2. The minimum Gasteiger partial charge on any atom is -0.383 e. The molecule has 0 unspecified atom stereocenters. The SMILES string of the molecule is COCCn1nnc2cc(Cl)c(F)cc21. The van der Waals surface area contributed by atoms with E-state index in [1.54, 1.807) is 11.8 Å². The summed E-state index contributed by atoms with van der Waals surface area (Å²) in [6, 6.07) is 2.79. The molecule has 0 saturated carbocycles. The summed E-state index contributed by atoms with van der Waals surface area (Å²) in [6.07, 6.45) is 0. The van der Waals surface area contributed by atoms with E-state index < -0.39 is 5.82 Å². The molecule has 0 aliphatic carbocycles. The minimum atomic E-state index is -0.467. The number of ether oxygens (including phenoxy) is 1. The minimum absolute atomic E-state index is 0.0568. The highest BCUT2D eigenvalue weighted by molar-refractivity contribution is 6.31. The number of rotatable bonds is 3. The van der Waals surface area contributed by atoms with Crippen molar-refractivity contribution in [1.29, 1.82) is 0 Å². The summed E-state index contributed by atoms with van der Waals surface area (Å²) in [5.41, 5.74) is 1.20. The van der Waals surface area contributed by atoms with Crippen LogP contribution in [0.2, 0.25) is 5.02 Å². The molecule has 0 saturated heterocycles. The number of aromatic nitrogens is 3. The highest BCUT2D eigenvalue weighted by Gasteiger charge is 2.08. The van der Waals surface area contributed by atoms with Crippen molar-refractivity contribution >= 4 is 22.6 Å². The first kappa shape index (κ1) is 10.3. The van der Waals surface area contributed by atoms with Gasteiger partial charge in [0.25, 0.3) is 0 Å². The van der Waals surface area contributed by atoms with Gasteiger partial charge in [0.15, 0.2) is 0 Å². The molecule has 0 spiro atoms. The van der Waals surface area contributed by atoms with Gasteiger partial charge in [0.05, 0.1) is 23.7 Å². The number of hydrogen-bond acceptors (Lipinski definition) is 3. The fourth-order valence-corrected chi connectivity index (χ4v) is 1.46. The third kappa shape index (κ3) is 1.93. The van der Waals surface area contributed by atoms with Gasteiger partial charge in [0.1, 0.15) is 11.3 Å². The fraction of sp³-hybridized carbons (Fsp3) is 0.333. The van der Waals surface area contributed by atoms with Crippen LogP contribution in [0.1, 0.15) is 0 Å². The van der Waals surface area contributed by atoms with Gasteiger partial charge in [-0.3, -0.25) is 0 Å². The Bertz CT molecular complexity index is 485. The lowest BCUT2D eigenvalue weighted by Gasteiger charge is -2.00. The lowest BCUT2D eigenvalue weighted by atomic mass is 10.3. The molecular weight excluding hydrogens is 221 g/mol. The van der Waals surface area contributed by atoms with Gasteiger partial charge in [-0.05, 0) is 6.07 Å². The number of fused-ring (bicyclic) bond motifs is 1. The van der Waals surface area contributed by atoms with Crippen LogP contribution in [0.3, 0.4) is 0 Å². The van der Waals surface area contributed by atoms with Gasteiger partial charge in [-0.1, -0.05) is 16.8 Å². The summed E-state index contributed by atoms with van der Waals surface area (Å²) in [5, 5.41) is 7.81. The lowest BCUT2D eigenvalue weighted by Crippen LogP contribution is -2.05. The standard InChI is InChI=1S/C9H9ClFN3O/c1-15-3-2-14-9-5-7(11)6(10)4-8(9)12-13-14/h4-5H,2-3H2,1H3. The summed E-state index contributed by atoms with van der Waals surface area (Å²) in [4.78, 5) is 0. The van der Waals surface area contributed by atoms with Crippen LogP contribution in [-0.2, 0) is 11.3 Å². The van der Waals surface area contributed by atoms with Crippen LogP contribution in [0.4, 0.5) is 4.39 Å². The van der Waals surface area contributed by atoms with Gasteiger partial charge < -0.3 is 4.74 Å². The Balaban J connectivity index is 2.45. The third-order valence-corrected chi connectivity index (χ3v) is 2.35. The predicted octanol–water partition coefficient (Wildman–Crippen LogP) is 1.87. The van der Waals surface area contributed by atoms with Crippen molar-refractivity contribution in [3.8, 4) is 0 Å². The number of halogens is 2. The van der Waals surface area contributed by atoms with Crippen molar-refractivity contribution in [2.75, 3.05) is 13.7 Å². The molecule has 0 N–H and O–H groups in total. The molecule has 0 aliphatic rings. The Labute approximate surface area is 90.6 Å². The van der Waals surface area contributed by atoms with E-state index in [2.05, 4.69) is 10.3 Å². The van der Waals surface area contributed by atoms with Crippen molar-refractivity contribution in [2.45, 2.75) is 6.54 Å². The van der Waals surface area contributed by atoms with Gasteiger partial charge in [-0.15, -0.1) is 5.10 Å². The van der Waals surface area contributed by atoms with E-state index in [0.29, 0.717) is 24.2 Å². The zero-order valence-electron chi connectivity index (χ0n) is 8.07. The molecule has 0 bridgehead atoms. The maximum Gasteiger partial charge on any atom is 0.144 e. The first-order valence-electron chi connectivity index (χ1n) is 4.39. The van der Waals surface area contributed by atoms with Crippen molar-refractivity contribution in [1.82, 2.24) is 15.0 Å². The molecule has 1 aromatic heterocycles. The zero-order chi connectivity index (χ0) is 10.8. The fourth-order valence-electron chi connectivity index (χ4n) is 1.31. The number of nitrogens with zero attached hydrogens (tertiary/aromatic N) is 3. The van der Waals surface area contributed by atoms with Crippen molar-refractivity contribution in [3.05, 3.63) is 23.0 Å². The van der Waals surface area contributed by atoms with E-state index in [1.165, 1.54) is 12.1 Å². The first-order valence-corrected chi connectivity index (χ1v) is 4.77. The van der Waals surface area contributed by atoms with Crippen molar-refractivity contribution in [2.24, 2.45) is 0 Å². The molecule has 80 valence electrons. The van der Waals surface area contributed by atoms with Crippen LogP contribution in [0, 0.1) is 5.82 Å². The molecule has 6 heteroatoms. The van der Waals surface area contributed by atoms with E-state index in [-0.39, 0.29) is 5.02 Å². The number of hydrogen-bond donors (Lipinski definition) is 0. The Hall–Kier alpha value is -1.20. The molecule has 15 heavy (non-hydrogen) atoms. The highest BCUT2D eigenvalue weighted by atomic mass is 35.5. The second kappa shape index (κ2) is 4.12. The Morgan fingerprint density at radius 2 is 2.33 bits per heavy atom. The molecule has 0 aliphatic heterocycles. The maximum absolute atomic E-state index is 13.2.